The number of ether oxygens (including phenoxy) is 1. The van der Waals surface area contributed by atoms with Crippen LogP contribution < -0.4 is 5.32 Å². The van der Waals surface area contributed by atoms with Gasteiger partial charge in [0, 0.05) is 22.2 Å². The fraction of sp³-hybridized carbons (Fsp3) is 0.231. The van der Waals surface area contributed by atoms with Gasteiger partial charge in [-0.1, -0.05) is 6.07 Å². The highest BCUT2D eigenvalue weighted by Crippen LogP contribution is 2.31. The monoisotopic (exact) mass is 356 g/mol. The third-order valence-corrected chi connectivity index (χ3v) is 3.73. The molecular formula is C13H13IN2O2. The third-order valence-electron chi connectivity index (χ3n) is 2.83. The second kappa shape index (κ2) is 5.09. The fourth-order valence-corrected chi connectivity index (χ4v) is 2.63. The van der Waals surface area contributed by atoms with Gasteiger partial charge in [-0.3, -0.25) is 4.98 Å². The van der Waals surface area contributed by atoms with E-state index in [-0.39, 0.29) is 5.97 Å². The summed E-state index contributed by atoms with van der Waals surface area (Å²) in [6.45, 7) is 2.00. The van der Waals surface area contributed by atoms with Crippen molar-refractivity contribution in [2.75, 3.05) is 19.5 Å². The first kappa shape index (κ1) is 13.1. The second-order valence-corrected chi connectivity index (χ2v) is 5.04. The Balaban J connectivity index is 2.87. The molecule has 0 radical (unpaired) electrons. The molecule has 1 N–H and O–H groups in total. The molecule has 1 aromatic carbocycles. The number of aromatic nitrogens is 1. The third kappa shape index (κ3) is 2.03. The predicted octanol–water partition coefficient (Wildman–Crippen LogP) is 2.98. The number of rotatable bonds is 2. The molecule has 1 heterocycles. The molecule has 0 amide bonds. The summed E-state index contributed by atoms with van der Waals surface area (Å²) in [6, 6.07) is 4.04. The number of halogens is 1. The number of fused-ring (bicyclic) bond motifs is 1. The van der Waals surface area contributed by atoms with Crippen LogP contribution in [0.5, 0.6) is 0 Å². The van der Waals surface area contributed by atoms with Gasteiger partial charge in [0.25, 0.3) is 0 Å². The SMILES string of the molecule is CNc1c(C(=O)OC)cnc2c(C)ccc(I)c12. The maximum absolute atomic E-state index is 11.7. The van der Waals surface area contributed by atoms with Crippen LogP contribution in [0, 0.1) is 10.5 Å². The van der Waals surface area contributed by atoms with Crippen LogP contribution in [0.1, 0.15) is 15.9 Å². The number of nitrogens with zero attached hydrogens (tertiary/aromatic N) is 1. The van der Waals surface area contributed by atoms with E-state index in [4.69, 9.17) is 4.74 Å². The fourth-order valence-electron chi connectivity index (χ4n) is 1.93. The van der Waals surface area contributed by atoms with E-state index in [1.54, 1.807) is 13.2 Å². The zero-order valence-electron chi connectivity index (χ0n) is 10.4. The summed E-state index contributed by atoms with van der Waals surface area (Å²) in [6.07, 6.45) is 1.56. The first-order valence-corrected chi connectivity index (χ1v) is 6.52. The molecule has 0 saturated heterocycles. The Morgan fingerprint density at radius 2 is 2.17 bits per heavy atom. The van der Waals surface area contributed by atoms with E-state index in [2.05, 4.69) is 32.9 Å². The van der Waals surface area contributed by atoms with Gasteiger partial charge in [0.05, 0.1) is 18.3 Å². The van der Waals surface area contributed by atoms with E-state index in [1.165, 1.54) is 7.11 Å². The van der Waals surface area contributed by atoms with Crippen molar-refractivity contribution in [3.8, 4) is 0 Å². The number of carbonyl (C=O) groups excluding carboxylic acids is 1. The Bertz CT molecular complexity index is 626. The van der Waals surface area contributed by atoms with Gasteiger partial charge in [-0.2, -0.15) is 0 Å². The molecule has 0 aliphatic rings. The molecule has 18 heavy (non-hydrogen) atoms. The molecule has 1 aromatic heterocycles. The lowest BCUT2D eigenvalue weighted by atomic mass is 10.1. The Kier molecular flexibility index (Phi) is 3.70. The standard InChI is InChI=1S/C13H13IN2O2/c1-7-4-5-9(14)10-11(7)16-6-8(12(10)15-2)13(17)18-3/h4-6H,1-3H3,(H,15,16). The van der Waals surface area contributed by atoms with Crippen molar-refractivity contribution in [3.63, 3.8) is 0 Å². The van der Waals surface area contributed by atoms with E-state index in [0.29, 0.717) is 5.56 Å². The number of methoxy groups -OCH3 is 1. The van der Waals surface area contributed by atoms with Gasteiger partial charge in [-0.15, -0.1) is 0 Å². The van der Waals surface area contributed by atoms with E-state index < -0.39 is 0 Å². The molecule has 0 bridgehead atoms. The first-order chi connectivity index (χ1) is 8.60. The topological polar surface area (TPSA) is 51.2 Å². The van der Waals surface area contributed by atoms with Crippen LogP contribution in [0.4, 0.5) is 5.69 Å². The Labute approximate surface area is 119 Å². The van der Waals surface area contributed by atoms with Crippen molar-refractivity contribution < 1.29 is 9.53 Å². The summed E-state index contributed by atoms with van der Waals surface area (Å²) in [5, 5.41) is 4.04. The minimum atomic E-state index is -0.383. The maximum Gasteiger partial charge on any atom is 0.341 e. The molecule has 5 heteroatoms. The number of anilines is 1. The van der Waals surface area contributed by atoms with Crippen molar-refractivity contribution >= 4 is 45.2 Å². The minimum Gasteiger partial charge on any atom is -0.465 e. The molecule has 0 atom stereocenters. The number of nitrogens with one attached hydrogen (secondary N) is 1. The van der Waals surface area contributed by atoms with E-state index in [9.17, 15) is 4.79 Å². The van der Waals surface area contributed by atoms with Crippen molar-refractivity contribution in [1.82, 2.24) is 4.98 Å². The summed E-state index contributed by atoms with van der Waals surface area (Å²) in [5.41, 5.74) is 3.20. The quantitative estimate of drug-likeness (QED) is 0.664. The van der Waals surface area contributed by atoms with Gasteiger partial charge < -0.3 is 10.1 Å². The molecule has 0 saturated carbocycles. The maximum atomic E-state index is 11.7. The summed E-state index contributed by atoms with van der Waals surface area (Å²) < 4.78 is 5.83. The van der Waals surface area contributed by atoms with Crippen LogP contribution in [0.3, 0.4) is 0 Å². The number of carbonyl (C=O) groups is 1. The van der Waals surface area contributed by atoms with Gasteiger partial charge in [-0.25, -0.2) is 4.79 Å². The van der Waals surface area contributed by atoms with Gasteiger partial charge in [0.15, 0.2) is 0 Å². The molecule has 0 aliphatic carbocycles. The van der Waals surface area contributed by atoms with E-state index in [1.807, 2.05) is 19.1 Å². The average Bonchev–Trinajstić information content (AvgIpc) is 2.40. The van der Waals surface area contributed by atoms with Crippen LogP contribution in [0.25, 0.3) is 10.9 Å². The van der Waals surface area contributed by atoms with E-state index in [0.717, 1.165) is 25.7 Å². The first-order valence-electron chi connectivity index (χ1n) is 5.44. The summed E-state index contributed by atoms with van der Waals surface area (Å²) in [5.74, 6) is -0.383. The molecule has 2 rings (SSSR count). The average molecular weight is 356 g/mol. The molecular weight excluding hydrogens is 343 g/mol. The summed E-state index contributed by atoms with van der Waals surface area (Å²) >= 11 is 2.24. The van der Waals surface area contributed by atoms with E-state index >= 15 is 0 Å². The number of esters is 1. The zero-order valence-corrected chi connectivity index (χ0v) is 12.5. The van der Waals surface area contributed by atoms with Crippen LogP contribution in [-0.4, -0.2) is 25.1 Å². The van der Waals surface area contributed by atoms with Gasteiger partial charge in [-0.05, 0) is 41.1 Å². The van der Waals surface area contributed by atoms with Crippen LogP contribution >= 0.6 is 22.6 Å². The highest BCUT2D eigenvalue weighted by Gasteiger charge is 2.17. The molecule has 0 spiro atoms. The van der Waals surface area contributed by atoms with Crippen molar-refractivity contribution in [1.29, 1.82) is 0 Å². The van der Waals surface area contributed by atoms with Crippen LogP contribution in [0.15, 0.2) is 18.3 Å². The van der Waals surface area contributed by atoms with Crippen molar-refractivity contribution in [2.24, 2.45) is 0 Å². The van der Waals surface area contributed by atoms with Crippen molar-refractivity contribution in [3.05, 3.63) is 33.0 Å². The Morgan fingerprint density at radius 1 is 1.44 bits per heavy atom. The second-order valence-electron chi connectivity index (χ2n) is 3.88. The lowest BCUT2D eigenvalue weighted by Gasteiger charge is -2.13. The molecule has 0 unspecified atom stereocenters. The summed E-state index contributed by atoms with van der Waals surface area (Å²) in [4.78, 5) is 16.1. The molecule has 2 aromatic rings. The van der Waals surface area contributed by atoms with Crippen molar-refractivity contribution in [2.45, 2.75) is 6.92 Å². The number of benzene rings is 1. The lowest BCUT2D eigenvalue weighted by molar-refractivity contribution is 0.0601. The van der Waals surface area contributed by atoms with Gasteiger partial charge in [0.1, 0.15) is 5.56 Å². The van der Waals surface area contributed by atoms with Gasteiger partial charge >= 0.3 is 5.97 Å². The number of pyridine rings is 1. The number of aryl methyl sites for hydroxylation is 1. The minimum absolute atomic E-state index is 0.383. The highest BCUT2D eigenvalue weighted by atomic mass is 127. The normalized spacial score (nSPS) is 10.4. The van der Waals surface area contributed by atoms with Crippen LogP contribution in [-0.2, 0) is 4.74 Å². The number of hydrogen-bond donors (Lipinski definition) is 1. The lowest BCUT2D eigenvalue weighted by Crippen LogP contribution is -2.08. The highest BCUT2D eigenvalue weighted by molar-refractivity contribution is 14.1. The number of hydrogen-bond acceptors (Lipinski definition) is 4. The van der Waals surface area contributed by atoms with Crippen LogP contribution in [0.2, 0.25) is 0 Å². The summed E-state index contributed by atoms with van der Waals surface area (Å²) in [7, 11) is 3.16. The largest absolute Gasteiger partial charge is 0.465 e. The molecule has 94 valence electrons. The molecule has 0 aliphatic heterocycles. The smallest absolute Gasteiger partial charge is 0.341 e. The zero-order chi connectivity index (χ0) is 13.3. The predicted molar refractivity (Wildman–Crippen MR) is 80.1 cm³/mol. The Hall–Kier alpha value is -1.37. The molecule has 4 nitrogen and oxygen atoms in total. The van der Waals surface area contributed by atoms with Gasteiger partial charge in [0.2, 0.25) is 0 Å². The molecule has 0 fully saturated rings. The Morgan fingerprint density at radius 3 is 2.78 bits per heavy atom.